The quantitative estimate of drug-likeness (QED) is 0.379. The van der Waals surface area contributed by atoms with Crippen LogP contribution in [0.5, 0.6) is 0 Å². The average molecular weight is 371 g/mol. The van der Waals surface area contributed by atoms with Gasteiger partial charge in [0.05, 0.1) is 0 Å². The van der Waals surface area contributed by atoms with Gasteiger partial charge in [0.1, 0.15) is 30.9 Å². The average Bonchev–Trinajstić information content (AvgIpc) is 2.77. The molecule has 1 fully saturated rings. The van der Waals surface area contributed by atoms with Gasteiger partial charge in [0, 0.05) is 17.2 Å². The van der Waals surface area contributed by atoms with Gasteiger partial charge in [0.25, 0.3) is 0 Å². The standard InChI is InChI=1S/C9H13N3O9P2/c10-7-1-2-12(9(13)11-7)8-3-5(21-22(14)15)6(20-8)4-19-23(16,17)18/h1-2,5-6,8,16-18H,3-4H2,(H-2,10,11,13,14,15)/p+2/t5-,6+,8+/m0/s1. The number of nitrogen functional groups attached to an aromatic ring is 1. The fraction of sp³-hybridized carbons (Fsp3) is 0.556. The molecule has 14 heteroatoms. The summed E-state index contributed by atoms with van der Waals surface area (Å²) >= 11 is 0. The van der Waals surface area contributed by atoms with Crippen molar-refractivity contribution in [3.63, 3.8) is 0 Å². The van der Waals surface area contributed by atoms with Gasteiger partial charge in [-0.2, -0.15) is 24.2 Å². The minimum atomic E-state index is -4.50. The summed E-state index contributed by atoms with van der Waals surface area (Å²) in [6.45, 7) is -0.529. The van der Waals surface area contributed by atoms with Gasteiger partial charge in [-0.1, -0.05) is 0 Å². The number of aromatic nitrogens is 2. The van der Waals surface area contributed by atoms with Crippen LogP contribution < -0.4 is 11.4 Å². The Bertz CT molecular complexity index is 633. The van der Waals surface area contributed by atoms with E-state index in [1.54, 1.807) is 0 Å². The van der Waals surface area contributed by atoms with Gasteiger partial charge < -0.3 is 10.5 Å². The molecule has 0 spiro atoms. The van der Waals surface area contributed by atoms with Crippen LogP contribution >= 0.6 is 16.4 Å². The van der Waals surface area contributed by atoms with E-state index in [4.69, 9.17) is 34.6 Å². The van der Waals surface area contributed by atoms with Crippen LogP contribution in [0.25, 0.3) is 0 Å². The van der Waals surface area contributed by atoms with Crippen LogP contribution in [-0.4, -0.2) is 47.9 Å². The van der Waals surface area contributed by atoms with Crippen molar-refractivity contribution in [2.24, 2.45) is 0 Å². The summed E-state index contributed by atoms with van der Waals surface area (Å²) in [7, 11) is -7.47. The first-order chi connectivity index (χ1) is 10.7. The first kappa shape index (κ1) is 18.3. The molecule has 4 atom stereocenters. The highest BCUT2D eigenvalue weighted by molar-refractivity contribution is 7.53. The van der Waals surface area contributed by atoms with E-state index in [1.165, 1.54) is 12.3 Å². The second-order valence-corrected chi connectivity index (χ2v) is 6.57. The summed E-state index contributed by atoms with van der Waals surface area (Å²) in [5.74, 6) is 0.0193. The minimum absolute atomic E-state index is 0.00506. The maximum absolute atomic E-state index is 11.8. The van der Waals surface area contributed by atoms with Gasteiger partial charge in [0.2, 0.25) is 0 Å². The Morgan fingerprint density at radius 2 is 2.22 bits per heavy atom. The molecule has 0 radical (unpaired) electrons. The van der Waals surface area contributed by atoms with Gasteiger partial charge in [-0.3, -0.25) is 4.57 Å². The Balaban J connectivity index is 2.15. The SMILES string of the molecule is Nc1ccn([C@H]2C[C@H](O[P+](=O)O)[C@@H](CO[P+](O)(O)O)O2)c(=O)n1. The second kappa shape index (κ2) is 7.22. The van der Waals surface area contributed by atoms with Crippen molar-refractivity contribution in [3.05, 3.63) is 22.7 Å². The van der Waals surface area contributed by atoms with Crippen LogP contribution in [-0.2, 0) is 18.3 Å². The van der Waals surface area contributed by atoms with E-state index in [-0.39, 0.29) is 12.2 Å². The molecule has 2 rings (SSSR count). The third kappa shape index (κ3) is 5.21. The Morgan fingerprint density at radius 1 is 1.52 bits per heavy atom. The van der Waals surface area contributed by atoms with Crippen molar-refractivity contribution in [2.45, 2.75) is 24.9 Å². The van der Waals surface area contributed by atoms with Crippen molar-refractivity contribution in [1.82, 2.24) is 9.55 Å². The molecular weight excluding hydrogens is 356 g/mol. The van der Waals surface area contributed by atoms with E-state index in [0.717, 1.165) is 4.57 Å². The lowest BCUT2D eigenvalue weighted by atomic mass is 10.2. The van der Waals surface area contributed by atoms with Crippen LogP contribution in [0.2, 0.25) is 0 Å². The number of ether oxygens (including phenoxy) is 1. The fourth-order valence-electron chi connectivity index (χ4n) is 2.07. The summed E-state index contributed by atoms with van der Waals surface area (Å²) in [4.78, 5) is 50.6. The topological polar surface area (TPSA) is 187 Å². The molecule has 1 aliphatic heterocycles. The number of nitrogens with two attached hydrogens (primary N) is 1. The summed E-state index contributed by atoms with van der Waals surface area (Å²) < 4.78 is 26.6. The van der Waals surface area contributed by atoms with Crippen molar-refractivity contribution >= 4 is 22.2 Å². The molecular formula is C9H15N3O9P2+2. The zero-order valence-electron chi connectivity index (χ0n) is 11.5. The van der Waals surface area contributed by atoms with Gasteiger partial charge >= 0.3 is 22.1 Å². The van der Waals surface area contributed by atoms with Gasteiger partial charge in [-0.05, 0) is 6.07 Å². The highest BCUT2D eigenvalue weighted by Gasteiger charge is 2.45. The Labute approximate surface area is 130 Å². The minimum Gasteiger partial charge on any atom is -0.383 e. The Morgan fingerprint density at radius 3 is 2.78 bits per heavy atom. The van der Waals surface area contributed by atoms with E-state index >= 15 is 0 Å². The molecule has 1 aliphatic rings. The zero-order chi connectivity index (χ0) is 17.2. The van der Waals surface area contributed by atoms with Crippen LogP contribution in [0.3, 0.4) is 0 Å². The Kier molecular flexibility index (Phi) is 5.74. The predicted octanol–water partition coefficient (Wildman–Crippen LogP) is -1.18. The van der Waals surface area contributed by atoms with Crippen LogP contribution in [0, 0.1) is 0 Å². The molecule has 1 saturated heterocycles. The highest BCUT2D eigenvalue weighted by atomic mass is 31.2. The predicted molar refractivity (Wildman–Crippen MR) is 75.7 cm³/mol. The molecule has 0 bridgehead atoms. The van der Waals surface area contributed by atoms with E-state index in [1.807, 2.05) is 0 Å². The summed E-state index contributed by atoms with van der Waals surface area (Å²) in [5, 5.41) is 0. The summed E-state index contributed by atoms with van der Waals surface area (Å²) in [6, 6.07) is 1.36. The van der Waals surface area contributed by atoms with Crippen LogP contribution in [0.1, 0.15) is 12.6 Å². The van der Waals surface area contributed by atoms with Gasteiger partial charge in [0.15, 0.2) is 0 Å². The van der Waals surface area contributed by atoms with Crippen LogP contribution in [0.4, 0.5) is 5.82 Å². The molecule has 6 N–H and O–H groups in total. The van der Waals surface area contributed by atoms with Crippen molar-refractivity contribution in [3.8, 4) is 0 Å². The molecule has 0 aromatic carbocycles. The zero-order valence-corrected chi connectivity index (χ0v) is 13.3. The van der Waals surface area contributed by atoms with E-state index in [2.05, 4.69) is 9.51 Å². The molecule has 1 aromatic rings. The van der Waals surface area contributed by atoms with E-state index < -0.39 is 47.2 Å². The molecule has 0 saturated carbocycles. The second-order valence-electron chi connectivity index (χ2n) is 4.60. The monoisotopic (exact) mass is 371 g/mol. The largest absolute Gasteiger partial charge is 0.695 e. The Hall–Kier alpha value is -1.07. The van der Waals surface area contributed by atoms with E-state index in [0.29, 0.717) is 0 Å². The number of rotatable bonds is 6. The van der Waals surface area contributed by atoms with Crippen molar-refractivity contribution < 1.29 is 37.9 Å². The molecule has 23 heavy (non-hydrogen) atoms. The summed E-state index contributed by atoms with van der Waals surface area (Å²) in [5.41, 5.74) is 4.68. The lowest BCUT2D eigenvalue weighted by Gasteiger charge is -2.15. The maximum atomic E-state index is 11.8. The molecule has 1 unspecified atom stereocenters. The highest BCUT2D eigenvalue weighted by Crippen LogP contribution is 2.47. The summed E-state index contributed by atoms with van der Waals surface area (Å²) in [6.07, 6.45) is -1.58. The normalized spacial score (nSPS) is 25.6. The number of hydrogen-bond donors (Lipinski definition) is 5. The molecule has 12 nitrogen and oxygen atoms in total. The molecule has 1 aromatic heterocycles. The number of anilines is 1. The van der Waals surface area contributed by atoms with Gasteiger partial charge in [-0.15, -0.1) is 9.42 Å². The third-order valence-corrected chi connectivity index (χ3v) is 3.93. The lowest BCUT2D eigenvalue weighted by molar-refractivity contribution is -0.0441. The molecule has 2 heterocycles. The third-order valence-electron chi connectivity index (χ3n) is 2.98. The van der Waals surface area contributed by atoms with Crippen LogP contribution in [0.15, 0.2) is 17.1 Å². The molecule has 0 aliphatic carbocycles. The first-order valence-corrected chi connectivity index (χ1v) is 8.90. The molecule has 0 amide bonds. The number of nitrogens with zero attached hydrogens (tertiary/aromatic N) is 2. The smallest absolute Gasteiger partial charge is 0.383 e. The van der Waals surface area contributed by atoms with E-state index in [9.17, 15) is 9.36 Å². The van der Waals surface area contributed by atoms with Crippen molar-refractivity contribution in [1.29, 1.82) is 0 Å². The fourth-order valence-corrected chi connectivity index (χ4v) is 2.87. The number of hydrogen-bond acceptors (Lipinski definition) is 10. The van der Waals surface area contributed by atoms with Crippen molar-refractivity contribution in [2.75, 3.05) is 12.3 Å². The molecule has 128 valence electrons. The van der Waals surface area contributed by atoms with Gasteiger partial charge in [-0.25, -0.2) is 4.79 Å². The maximum Gasteiger partial charge on any atom is 0.695 e. The lowest BCUT2D eigenvalue weighted by Crippen LogP contribution is -2.28. The first-order valence-electron chi connectivity index (χ1n) is 6.20.